The molecule has 5 nitrogen and oxygen atoms in total. The molecule has 0 spiro atoms. The van der Waals surface area contributed by atoms with E-state index in [1.54, 1.807) is 24.3 Å². The normalized spacial score (nSPS) is 11.6. The molecule has 0 aliphatic carbocycles. The van der Waals surface area contributed by atoms with Gasteiger partial charge in [0.2, 0.25) is 5.95 Å². The summed E-state index contributed by atoms with van der Waals surface area (Å²) in [5.74, 6) is 0.394. The minimum Gasteiger partial charge on any atom is -0.487 e. The summed E-state index contributed by atoms with van der Waals surface area (Å²) in [7, 11) is 0. The van der Waals surface area contributed by atoms with Gasteiger partial charge < -0.3 is 9.72 Å². The second kappa shape index (κ2) is 10.0. The van der Waals surface area contributed by atoms with Crippen LogP contribution < -0.4 is 4.74 Å². The van der Waals surface area contributed by atoms with E-state index in [1.165, 1.54) is 12.3 Å². The summed E-state index contributed by atoms with van der Waals surface area (Å²) in [6, 6.07) is 9.25. The Balaban J connectivity index is 1.53. The van der Waals surface area contributed by atoms with E-state index in [2.05, 4.69) is 19.9 Å². The Labute approximate surface area is 204 Å². The number of aromatic amines is 1. The lowest BCUT2D eigenvalue weighted by atomic mass is 10.1. The van der Waals surface area contributed by atoms with Crippen LogP contribution in [0.25, 0.3) is 22.6 Å². The number of benzene rings is 1. The number of pyridine rings is 2. The molecule has 0 atom stereocenters. The SMILES string of the molecule is CCCc1cc(C(F)(F)F)cnc1COc1ccc(-c2nc(-c3ccc(F)nc3)[nH]c2Cl)c(C)c1. The van der Waals surface area contributed by atoms with Crippen molar-refractivity contribution in [2.24, 2.45) is 0 Å². The summed E-state index contributed by atoms with van der Waals surface area (Å²) >= 11 is 6.37. The first kappa shape index (κ1) is 24.7. The molecule has 0 amide bonds. The van der Waals surface area contributed by atoms with Crippen molar-refractivity contribution in [3.8, 4) is 28.4 Å². The van der Waals surface area contributed by atoms with E-state index in [0.29, 0.717) is 52.1 Å². The number of ether oxygens (including phenoxy) is 1. The molecular weight excluding hydrogens is 484 g/mol. The summed E-state index contributed by atoms with van der Waals surface area (Å²) in [4.78, 5) is 15.1. The highest BCUT2D eigenvalue weighted by Crippen LogP contribution is 2.33. The van der Waals surface area contributed by atoms with Crippen molar-refractivity contribution in [1.82, 2.24) is 19.9 Å². The zero-order valence-electron chi connectivity index (χ0n) is 18.9. The average Bonchev–Trinajstić information content (AvgIpc) is 3.19. The van der Waals surface area contributed by atoms with Crippen LogP contribution in [0.1, 0.15) is 35.7 Å². The number of aryl methyl sites for hydroxylation is 2. The number of H-pyrrole nitrogens is 1. The fourth-order valence-corrected chi connectivity index (χ4v) is 3.87. The minimum absolute atomic E-state index is 0.0388. The maximum atomic E-state index is 13.1. The Morgan fingerprint density at radius 1 is 1.06 bits per heavy atom. The van der Waals surface area contributed by atoms with Gasteiger partial charge in [0.25, 0.3) is 0 Å². The first-order valence-electron chi connectivity index (χ1n) is 10.8. The standard InChI is InChI=1S/C25H21ClF4N4O/c1-3-4-15-10-17(25(28,29)30)12-31-20(15)13-35-18-6-7-19(14(2)9-18)22-23(26)34-24(33-22)16-5-8-21(27)32-11-16/h5-12H,3-4,13H2,1-2H3,(H,33,34). The summed E-state index contributed by atoms with van der Waals surface area (Å²) < 4.78 is 58.1. The first-order valence-corrected chi connectivity index (χ1v) is 11.2. The van der Waals surface area contributed by atoms with Gasteiger partial charge >= 0.3 is 6.18 Å². The summed E-state index contributed by atoms with van der Waals surface area (Å²) in [6.45, 7) is 3.80. The summed E-state index contributed by atoms with van der Waals surface area (Å²) in [6.07, 6.45) is -1.09. The number of imidazole rings is 1. The van der Waals surface area contributed by atoms with Crippen molar-refractivity contribution in [1.29, 1.82) is 0 Å². The van der Waals surface area contributed by atoms with Gasteiger partial charge in [-0.15, -0.1) is 0 Å². The molecule has 0 aliphatic heterocycles. The maximum absolute atomic E-state index is 13.1. The highest BCUT2D eigenvalue weighted by atomic mass is 35.5. The second-order valence-electron chi connectivity index (χ2n) is 7.96. The van der Waals surface area contributed by atoms with Crippen molar-refractivity contribution in [2.75, 3.05) is 0 Å². The molecule has 10 heteroatoms. The molecule has 3 aromatic heterocycles. The van der Waals surface area contributed by atoms with Crippen LogP contribution in [0.2, 0.25) is 5.15 Å². The average molecular weight is 505 g/mol. The predicted octanol–water partition coefficient (Wildman–Crippen LogP) is 7.18. The number of nitrogens with one attached hydrogen (secondary N) is 1. The molecule has 4 rings (SSSR count). The smallest absolute Gasteiger partial charge is 0.417 e. The molecule has 0 bridgehead atoms. The molecule has 182 valence electrons. The van der Waals surface area contributed by atoms with E-state index >= 15 is 0 Å². The number of rotatable bonds is 7. The topological polar surface area (TPSA) is 63.7 Å². The minimum atomic E-state index is -4.44. The monoisotopic (exact) mass is 504 g/mol. The van der Waals surface area contributed by atoms with Crippen LogP contribution >= 0.6 is 11.6 Å². The van der Waals surface area contributed by atoms with E-state index < -0.39 is 17.7 Å². The Hall–Kier alpha value is -3.46. The highest BCUT2D eigenvalue weighted by molar-refractivity contribution is 6.32. The van der Waals surface area contributed by atoms with E-state index in [0.717, 1.165) is 23.4 Å². The predicted molar refractivity (Wildman–Crippen MR) is 125 cm³/mol. The van der Waals surface area contributed by atoms with Gasteiger partial charge in [0.15, 0.2) is 0 Å². The Kier molecular flexibility index (Phi) is 7.07. The largest absolute Gasteiger partial charge is 0.487 e. The molecule has 0 unspecified atom stereocenters. The lowest BCUT2D eigenvalue weighted by molar-refractivity contribution is -0.137. The van der Waals surface area contributed by atoms with E-state index in [4.69, 9.17) is 16.3 Å². The van der Waals surface area contributed by atoms with Crippen molar-refractivity contribution in [3.63, 3.8) is 0 Å². The summed E-state index contributed by atoms with van der Waals surface area (Å²) in [5.41, 5.74) is 2.91. The fourth-order valence-electron chi connectivity index (χ4n) is 3.64. The molecule has 0 saturated carbocycles. The van der Waals surface area contributed by atoms with Crippen LogP contribution in [-0.2, 0) is 19.2 Å². The molecule has 4 aromatic rings. The van der Waals surface area contributed by atoms with Gasteiger partial charge in [-0.05, 0) is 60.9 Å². The van der Waals surface area contributed by atoms with Gasteiger partial charge in [-0.1, -0.05) is 24.9 Å². The number of hydrogen-bond acceptors (Lipinski definition) is 4. The number of aromatic nitrogens is 4. The molecule has 3 heterocycles. The number of halogens is 5. The van der Waals surface area contributed by atoms with Gasteiger partial charge in [-0.2, -0.15) is 17.6 Å². The van der Waals surface area contributed by atoms with Crippen LogP contribution in [-0.4, -0.2) is 19.9 Å². The third-order valence-corrected chi connectivity index (χ3v) is 5.67. The third kappa shape index (κ3) is 5.62. The van der Waals surface area contributed by atoms with Crippen molar-refractivity contribution >= 4 is 11.6 Å². The van der Waals surface area contributed by atoms with Gasteiger partial charge in [0, 0.05) is 23.5 Å². The molecule has 0 fully saturated rings. The highest BCUT2D eigenvalue weighted by Gasteiger charge is 2.31. The second-order valence-corrected chi connectivity index (χ2v) is 8.34. The van der Waals surface area contributed by atoms with Crippen LogP contribution in [0, 0.1) is 12.9 Å². The molecule has 1 aromatic carbocycles. The van der Waals surface area contributed by atoms with Crippen LogP contribution in [0.15, 0.2) is 48.8 Å². The Bertz CT molecular complexity index is 1340. The maximum Gasteiger partial charge on any atom is 0.417 e. The first-order chi connectivity index (χ1) is 16.7. The van der Waals surface area contributed by atoms with Crippen molar-refractivity contribution in [2.45, 2.75) is 39.5 Å². The Morgan fingerprint density at radius 2 is 1.86 bits per heavy atom. The zero-order valence-corrected chi connectivity index (χ0v) is 19.6. The lowest BCUT2D eigenvalue weighted by Crippen LogP contribution is -2.10. The number of hydrogen-bond donors (Lipinski definition) is 1. The zero-order chi connectivity index (χ0) is 25.2. The van der Waals surface area contributed by atoms with E-state index in [1.807, 2.05) is 13.8 Å². The molecule has 0 saturated heterocycles. The number of nitrogens with zero attached hydrogens (tertiary/aromatic N) is 3. The lowest BCUT2D eigenvalue weighted by Gasteiger charge is -2.14. The van der Waals surface area contributed by atoms with Crippen LogP contribution in [0.5, 0.6) is 5.75 Å². The molecule has 0 aliphatic rings. The summed E-state index contributed by atoms with van der Waals surface area (Å²) in [5, 5.41) is 0.319. The third-order valence-electron chi connectivity index (χ3n) is 5.40. The number of alkyl halides is 3. The molecule has 0 radical (unpaired) electrons. The van der Waals surface area contributed by atoms with Gasteiger partial charge in [0.1, 0.15) is 29.0 Å². The van der Waals surface area contributed by atoms with Crippen LogP contribution in [0.4, 0.5) is 17.6 Å². The fraction of sp³-hybridized carbons (Fsp3) is 0.240. The van der Waals surface area contributed by atoms with Gasteiger partial charge in [-0.3, -0.25) is 4.98 Å². The van der Waals surface area contributed by atoms with Crippen molar-refractivity contribution < 1.29 is 22.3 Å². The molecule has 35 heavy (non-hydrogen) atoms. The Morgan fingerprint density at radius 3 is 2.51 bits per heavy atom. The van der Waals surface area contributed by atoms with Crippen molar-refractivity contribution in [3.05, 3.63) is 82.3 Å². The van der Waals surface area contributed by atoms with E-state index in [9.17, 15) is 17.6 Å². The molecule has 1 N–H and O–H groups in total. The van der Waals surface area contributed by atoms with Gasteiger partial charge in [0.05, 0.1) is 11.3 Å². The quantitative estimate of drug-likeness (QED) is 0.214. The van der Waals surface area contributed by atoms with Crippen LogP contribution in [0.3, 0.4) is 0 Å². The van der Waals surface area contributed by atoms with E-state index in [-0.39, 0.29) is 6.61 Å². The van der Waals surface area contributed by atoms with Gasteiger partial charge in [-0.25, -0.2) is 9.97 Å². The molecular formula is C25H21ClF4N4O.